The number of fused-ring (bicyclic) bond motifs is 3. The number of amides is 1. The molecule has 1 aromatic carbocycles. The minimum absolute atomic E-state index is 0.0818. The first kappa shape index (κ1) is 28.9. The summed E-state index contributed by atoms with van der Waals surface area (Å²) >= 11 is 0. The summed E-state index contributed by atoms with van der Waals surface area (Å²) in [6, 6.07) is 10.6. The quantitative estimate of drug-likeness (QED) is 0.304. The standard InChI is InChI=1S/C35H45N3O4/c1-23(2)32-37-21-30(42-32)26-11-18-36-31(20-26)38(33(40)25-5-8-28(39)9-6-25)22-34-12-15-35(16-13-34,17-14-34)27-7-10-29(41-4)24(3)19-27/h7,10-11,18-21,23,25,28,39H,5-6,8-9,12-17,22H2,1-4H3. The van der Waals surface area contributed by atoms with Crippen LogP contribution in [-0.4, -0.2) is 40.7 Å². The van der Waals surface area contributed by atoms with Crippen LogP contribution in [0.1, 0.15) is 101 Å². The van der Waals surface area contributed by atoms with Gasteiger partial charge in [0.25, 0.3) is 0 Å². The molecule has 42 heavy (non-hydrogen) atoms. The Morgan fingerprint density at radius 3 is 2.38 bits per heavy atom. The van der Waals surface area contributed by atoms with Gasteiger partial charge in [-0.05, 0) is 111 Å². The smallest absolute Gasteiger partial charge is 0.231 e. The molecule has 4 aliphatic rings. The predicted octanol–water partition coefficient (Wildman–Crippen LogP) is 7.35. The monoisotopic (exact) mass is 571 g/mol. The molecule has 4 fully saturated rings. The van der Waals surface area contributed by atoms with Crippen LogP contribution in [0.5, 0.6) is 5.75 Å². The molecule has 4 aliphatic carbocycles. The normalized spacial score (nSPS) is 27.3. The van der Waals surface area contributed by atoms with Gasteiger partial charge in [-0.25, -0.2) is 9.97 Å². The number of carbonyl (C=O) groups is 1. The number of aryl methyl sites for hydroxylation is 1. The van der Waals surface area contributed by atoms with Gasteiger partial charge in [-0.3, -0.25) is 9.69 Å². The third-order valence-corrected chi connectivity index (χ3v) is 10.5. The van der Waals surface area contributed by atoms with Gasteiger partial charge in [0.15, 0.2) is 11.7 Å². The van der Waals surface area contributed by atoms with E-state index in [1.165, 1.54) is 11.1 Å². The van der Waals surface area contributed by atoms with Crippen molar-refractivity contribution in [3.05, 3.63) is 59.7 Å². The minimum Gasteiger partial charge on any atom is -0.496 e. The van der Waals surface area contributed by atoms with E-state index in [1.807, 2.05) is 17.0 Å². The first-order chi connectivity index (χ1) is 20.2. The van der Waals surface area contributed by atoms with Gasteiger partial charge < -0.3 is 14.3 Å². The van der Waals surface area contributed by atoms with Crippen LogP contribution in [0.25, 0.3) is 11.3 Å². The topological polar surface area (TPSA) is 88.7 Å². The molecule has 0 saturated heterocycles. The van der Waals surface area contributed by atoms with E-state index in [9.17, 15) is 9.90 Å². The van der Waals surface area contributed by atoms with Crippen LogP contribution in [0.3, 0.4) is 0 Å². The zero-order valence-corrected chi connectivity index (χ0v) is 25.6. The Labute approximate surface area is 249 Å². The first-order valence-electron chi connectivity index (χ1n) is 15.8. The molecule has 0 radical (unpaired) electrons. The van der Waals surface area contributed by atoms with Crippen LogP contribution >= 0.6 is 0 Å². The Kier molecular flexibility index (Phi) is 7.90. The molecule has 224 valence electrons. The van der Waals surface area contributed by atoms with E-state index in [-0.39, 0.29) is 34.7 Å². The van der Waals surface area contributed by atoms with Crippen molar-refractivity contribution in [3.63, 3.8) is 0 Å². The van der Waals surface area contributed by atoms with Crippen LogP contribution in [0.15, 0.2) is 47.1 Å². The average molecular weight is 572 g/mol. The molecule has 4 saturated carbocycles. The van der Waals surface area contributed by atoms with Crippen molar-refractivity contribution in [2.45, 2.75) is 102 Å². The van der Waals surface area contributed by atoms with Gasteiger partial charge in [0, 0.05) is 30.1 Å². The third-order valence-electron chi connectivity index (χ3n) is 10.5. The second-order valence-corrected chi connectivity index (χ2v) is 13.5. The summed E-state index contributed by atoms with van der Waals surface area (Å²) in [5, 5.41) is 10.1. The van der Waals surface area contributed by atoms with E-state index >= 15 is 0 Å². The summed E-state index contributed by atoms with van der Waals surface area (Å²) in [5.74, 6) is 3.30. The number of aliphatic hydroxyl groups excluding tert-OH is 1. The van der Waals surface area contributed by atoms with E-state index in [1.54, 1.807) is 19.5 Å². The Morgan fingerprint density at radius 2 is 1.76 bits per heavy atom. The number of methoxy groups -OCH3 is 1. The highest BCUT2D eigenvalue weighted by molar-refractivity contribution is 5.94. The summed E-state index contributed by atoms with van der Waals surface area (Å²) in [5.41, 5.74) is 3.81. The van der Waals surface area contributed by atoms with Crippen LogP contribution in [-0.2, 0) is 10.2 Å². The summed E-state index contributed by atoms with van der Waals surface area (Å²) in [6.45, 7) is 6.94. The number of aliphatic hydroxyl groups is 1. The van der Waals surface area contributed by atoms with E-state index in [2.05, 4.69) is 44.0 Å². The van der Waals surface area contributed by atoms with Crippen molar-refractivity contribution < 1.29 is 19.1 Å². The second kappa shape index (κ2) is 11.5. The molecular formula is C35H45N3O4. The molecule has 1 N–H and O–H groups in total. The second-order valence-electron chi connectivity index (χ2n) is 13.5. The maximum atomic E-state index is 14.2. The van der Waals surface area contributed by atoms with Gasteiger partial charge in [0.05, 0.1) is 19.4 Å². The predicted molar refractivity (Wildman–Crippen MR) is 164 cm³/mol. The van der Waals surface area contributed by atoms with Crippen molar-refractivity contribution >= 4 is 11.7 Å². The van der Waals surface area contributed by atoms with Crippen molar-refractivity contribution in [1.82, 2.24) is 9.97 Å². The largest absolute Gasteiger partial charge is 0.496 e. The van der Waals surface area contributed by atoms with Gasteiger partial charge in [-0.2, -0.15) is 0 Å². The van der Waals surface area contributed by atoms with E-state index in [4.69, 9.17) is 14.1 Å². The number of ether oxygens (including phenoxy) is 1. The fourth-order valence-corrected chi connectivity index (χ4v) is 7.70. The van der Waals surface area contributed by atoms with Crippen molar-refractivity contribution in [2.75, 3.05) is 18.6 Å². The van der Waals surface area contributed by atoms with Crippen molar-refractivity contribution in [3.8, 4) is 17.1 Å². The van der Waals surface area contributed by atoms with Crippen molar-refractivity contribution in [2.24, 2.45) is 11.3 Å². The van der Waals surface area contributed by atoms with Gasteiger partial charge in [-0.15, -0.1) is 0 Å². The lowest BCUT2D eigenvalue weighted by atomic mass is 9.51. The molecule has 0 unspecified atom stereocenters. The summed E-state index contributed by atoms with van der Waals surface area (Å²) in [4.78, 5) is 25.4. The van der Waals surface area contributed by atoms with Crippen LogP contribution in [0.4, 0.5) is 5.82 Å². The Morgan fingerprint density at radius 1 is 1.05 bits per heavy atom. The molecule has 0 spiro atoms. The number of pyridine rings is 1. The number of carbonyl (C=O) groups excluding carboxylic acids is 1. The zero-order valence-electron chi connectivity index (χ0n) is 25.6. The molecule has 1 amide bonds. The molecule has 2 aromatic heterocycles. The van der Waals surface area contributed by atoms with Gasteiger partial charge >= 0.3 is 0 Å². The van der Waals surface area contributed by atoms with E-state index in [0.29, 0.717) is 36.9 Å². The van der Waals surface area contributed by atoms with Gasteiger partial charge in [-0.1, -0.05) is 26.0 Å². The number of benzene rings is 1. The summed E-state index contributed by atoms with van der Waals surface area (Å²) in [6.07, 6.45) is 12.8. The highest BCUT2D eigenvalue weighted by Gasteiger charge is 2.50. The lowest BCUT2D eigenvalue weighted by Gasteiger charge is -2.55. The summed E-state index contributed by atoms with van der Waals surface area (Å²) < 4.78 is 11.6. The van der Waals surface area contributed by atoms with E-state index in [0.717, 1.165) is 62.7 Å². The number of oxazole rings is 1. The number of hydrogen-bond donors (Lipinski definition) is 1. The number of nitrogens with zero attached hydrogens (tertiary/aromatic N) is 3. The van der Waals surface area contributed by atoms with Gasteiger partial charge in [0.2, 0.25) is 5.91 Å². The average Bonchev–Trinajstić information content (AvgIpc) is 3.52. The lowest BCUT2D eigenvalue weighted by molar-refractivity contribution is -0.124. The molecule has 7 rings (SSSR count). The van der Waals surface area contributed by atoms with Crippen LogP contribution in [0.2, 0.25) is 0 Å². The van der Waals surface area contributed by atoms with E-state index < -0.39 is 0 Å². The summed E-state index contributed by atoms with van der Waals surface area (Å²) in [7, 11) is 1.73. The Bertz CT molecular complexity index is 1400. The molecule has 2 bridgehead atoms. The lowest BCUT2D eigenvalue weighted by Crippen LogP contribution is -2.52. The zero-order chi connectivity index (χ0) is 29.5. The molecule has 2 heterocycles. The third kappa shape index (κ3) is 5.48. The number of aromatic nitrogens is 2. The fraction of sp³-hybridized carbons (Fsp3) is 0.571. The highest BCUT2D eigenvalue weighted by Crippen LogP contribution is 2.58. The molecule has 0 atom stereocenters. The molecule has 7 nitrogen and oxygen atoms in total. The van der Waals surface area contributed by atoms with Crippen LogP contribution in [0, 0.1) is 18.3 Å². The number of hydrogen-bond acceptors (Lipinski definition) is 6. The maximum absolute atomic E-state index is 14.2. The fourth-order valence-electron chi connectivity index (χ4n) is 7.70. The molecule has 0 aliphatic heterocycles. The first-order valence-corrected chi connectivity index (χ1v) is 15.8. The molecule has 3 aromatic rings. The SMILES string of the molecule is COc1ccc(C23CCC(CN(C(=O)C4CCC(O)CC4)c4cc(-c5cnc(C(C)C)o5)ccn4)(CC2)CC3)cc1C. The number of rotatable bonds is 8. The minimum atomic E-state index is -0.296. The van der Waals surface area contributed by atoms with Crippen molar-refractivity contribution in [1.29, 1.82) is 0 Å². The number of anilines is 1. The Hall–Kier alpha value is -3.19. The molecular weight excluding hydrogens is 526 g/mol. The Balaban J connectivity index is 1.27. The highest BCUT2D eigenvalue weighted by atomic mass is 16.5. The van der Waals surface area contributed by atoms with Gasteiger partial charge in [0.1, 0.15) is 11.6 Å². The molecule has 7 heteroatoms. The van der Waals surface area contributed by atoms with Crippen LogP contribution < -0.4 is 9.64 Å². The maximum Gasteiger partial charge on any atom is 0.231 e.